The lowest BCUT2D eigenvalue weighted by Crippen LogP contribution is -2.09. The molecule has 0 aliphatic rings. The van der Waals surface area contributed by atoms with Crippen molar-refractivity contribution in [2.24, 2.45) is 7.05 Å². The fourth-order valence-corrected chi connectivity index (χ4v) is 2.17. The van der Waals surface area contributed by atoms with Crippen molar-refractivity contribution < 1.29 is 18.7 Å². The fraction of sp³-hybridized carbons (Fsp3) is 0.154. The van der Waals surface area contributed by atoms with Crippen LogP contribution in [0.25, 0.3) is 11.0 Å². The van der Waals surface area contributed by atoms with Gasteiger partial charge in [-0.2, -0.15) is 5.10 Å². The average molecular weight is 292 g/mol. The summed E-state index contributed by atoms with van der Waals surface area (Å²) in [6, 6.07) is 2.04. The van der Waals surface area contributed by atoms with E-state index >= 15 is 0 Å². The largest absolute Gasteiger partial charge is 0.478 e. The van der Waals surface area contributed by atoms with Gasteiger partial charge >= 0.3 is 5.97 Å². The molecular weight excluding hydrogens is 282 g/mol. The molecular formula is C13H10F2N4O2. The Kier molecular flexibility index (Phi) is 2.93. The number of aromatic carboxylic acids is 1. The maximum Gasteiger partial charge on any atom is 0.339 e. The van der Waals surface area contributed by atoms with E-state index in [1.54, 1.807) is 11.6 Å². The summed E-state index contributed by atoms with van der Waals surface area (Å²) in [7, 11) is 1.61. The number of nitrogens with zero attached hydrogens (tertiary/aromatic N) is 4. The van der Waals surface area contributed by atoms with E-state index < -0.39 is 17.6 Å². The zero-order valence-corrected chi connectivity index (χ0v) is 10.9. The Bertz CT molecular complexity index is 853. The van der Waals surface area contributed by atoms with Gasteiger partial charge in [0.1, 0.15) is 5.56 Å². The number of hydrogen-bond acceptors (Lipinski definition) is 3. The molecule has 0 aliphatic carbocycles. The molecule has 0 saturated carbocycles. The number of benzene rings is 1. The van der Waals surface area contributed by atoms with E-state index in [9.17, 15) is 13.6 Å². The van der Waals surface area contributed by atoms with Crippen LogP contribution in [0.5, 0.6) is 0 Å². The van der Waals surface area contributed by atoms with Gasteiger partial charge in [-0.15, -0.1) is 0 Å². The molecule has 108 valence electrons. The minimum Gasteiger partial charge on any atom is -0.478 e. The summed E-state index contributed by atoms with van der Waals surface area (Å²) < 4.78 is 29.5. The topological polar surface area (TPSA) is 72.9 Å². The Morgan fingerprint density at radius 3 is 2.76 bits per heavy atom. The van der Waals surface area contributed by atoms with Gasteiger partial charge in [0.15, 0.2) is 11.6 Å². The predicted octanol–water partition coefficient (Wildman–Crippen LogP) is 1.79. The van der Waals surface area contributed by atoms with Crippen LogP contribution in [0.4, 0.5) is 8.78 Å². The van der Waals surface area contributed by atoms with Gasteiger partial charge < -0.3 is 9.67 Å². The number of halogens is 2. The second-order valence-electron chi connectivity index (χ2n) is 4.56. The molecule has 2 aromatic heterocycles. The van der Waals surface area contributed by atoms with Crippen LogP contribution in [0, 0.1) is 11.6 Å². The molecule has 0 fully saturated rings. The zero-order valence-electron chi connectivity index (χ0n) is 10.9. The van der Waals surface area contributed by atoms with Gasteiger partial charge in [-0.05, 0) is 0 Å². The molecule has 21 heavy (non-hydrogen) atoms. The molecule has 0 saturated heterocycles. The van der Waals surface area contributed by atoms with Gasteiger partial charge in [-0.1, -0.05) is 0 Å². The third-order valence-corrected chi connectivity index (χ3v) is 3.28. The molecule has 0 amide bonds. The lowest BCUT2D eigenvalue weighted by Gasteiger charge is -2.06. The van der Waals surface area contributed by atoms with Gasteiger partial charge in [0.2, 0.25) is 0 Å². The number of carboxylic acids is 1. The minimum atomic E-state index is -1.10. The first-order chi connectivity index (χ1) is 9.97. The smallest absolute Gasteiger partial charge is 0.339 e. The molecule has 3 aromatic rings. The summed E-state index contributed by atoms with van der Waals surface area (Å²) in [4.78, 5) is 15.1. The summed E-state index contributed by atoms with van der Waals surface area (Å²) in [6.45, 7) is 0.139. The Morgan fingerprint density at radius 1 is 1.33 bits per heavy atom. The van der Waals surface area contributed by atoms with Crippen molar-refractivity contribution in [1.29, 1.82) is 0 Å². The van der Waals surface area contributed by atoms with Crippen LogP contribution < -0.4 is 0 Å². The Balaban J connectivity index is 2.09. The third-order valence-electron chi connectivity index (χ3n) is 3.28. The van der Waals surface area contributed by atoms with Crippen molar-refractivity contribution in [3.05, 3.63) is 47.5 Å². The van der Waals surface area contributed by atoms with E-state index in [1.165, 1.54) is 17.2 Å². The van der Waals surface area contributed by atoms with Gasteiger partial charge in [0, 0.05) is 19.2 Å². The van der Waals surface area contributed by atoms with E-state index in [-0.39, 0.29) is 12.1 Å². The first-order valence-electron chi connectivity index (χ1n) is 6.01. The molecule has 6 nitrogen and oxygen atoms in total. The zero-order chi connectivity index (χ0) is 15.1. The molecule has 2 heterocycles. The lowest BCUT2D eigenvalue weighted by atomic mass is 10.2. The maximum atomic E-state index is 13.3. The molecule has 1 aromatic carbocycles. The molecule has 0 aliphatic heterocycles. The molecule has 0 spiro atoms. The highest BCUT2D eigenvalue weighted by Gasteiger charge is 2.17. The van der Waals surface area contributed by atoms with E-state index in [1.807, 2.05) is 0 Å². The normalized spacial score (nSPS) is 11.2. The number of hydrogen-bond donors (Lipinski definition) is 1. The first-order valence-corrected chi connectivity index (χ1v) is 6.01. The molecule has 1 N–H and O–H groups in total. The molecule has 8 heteroatoms. The van der Waals surface area contributed by atoms with Crippen LogP contribution in [0.2, 0.25) is 0 Å². The number of aryl methyl sites for hydroxylation is 1. The maximum absolute atomic E-state index is 13.3. The highest BCUT2D eigenvalue weighted by molar-refractivity contribution is 5.88. The number of carbonyl (C=O) groups is 1. The second-order valence-corrected chi connectivity index (χ2v) is 4.56. The summed E-state index contributed by atoms with van der Waals surface area (Å²) >= 11 is 0. The van der Waals surface area contributed by atoms with Gasteiger partial charge in [0.05, 0.1) is 35.8 Å². The standard InChI is InChI=1S/C13H10F2N4O2/c1-18-12(7(4-17-18)13(20)21)5-19-6-16-10-2-8(14)9(15)3-11(10)19/h2-4,6H,5H2,1H3,(H,20,21). The van der Waals surface area contributed by atoms with Crippen LogP contribution >= 0.6 is 0 Å². The van der Waals surface area contributed by atoms with Crippen molar-refractivity contribution in [1.82, 2.24) is 19.3 Å². The van der Waals surface area contributed by atoms with Gasteiger partial charge in [-0.25, -0.2) is 18.6 Å². The van der Waals surface area contributed by atoms with Crippen LogP contribution in [-0.4, -0.2) is 30.4 Å². The Labute approximate surface area is 117 Å². The Hall–Kier alpha value is -2.77. The molecule has 0 unspecified atom stereocenters. The number of imidazole rings is 1. The summed E-state index contributed by atoms with van der Waals surface area (Å²) in [5, 5.41) is 13.0. The first kappa shape index (κ1) is 13.2. The van der Waals surface area contributed by atoms with Crippen molar-refractivity contribution in [2.45, 2.75) is 6.54 Å². The van der Waals surface area contributed by atoms with Crippen molar-refractivity contribution >= 4 is 17.0 Å². The van der Waals surface area contributed by atoms with Crippen molar-refractivity contribution in [3.63, 3.8) is 0 Å². The molecule has 0 bridgehead atoms. The Morgan fingerprint density at radius 2 is 2.05 bits per heavy atom. The average Bonchev–Trinajstić information content (AvgIpc) is 2.97. The quantitative estimate of drug-likeness (QED) is 0.799. The van der Waals surface area contributed by atoms with E-state index in [0.29, 0.717) is 16.7 Å². The molecule has 0 radical (unpaired) electrons. The van der Waals surface area contributed by atoms with Crippen LogP contribution in [0.15, 0.2) is 24.7 Å². The van der Waals surface area contributed by atoms with Crippen LogP contribution in [0.3, 0.4) is 0 Å². The number of rotatable bonds is 3. The van der Waals surface area contributed by atoms with Crippen LogP contribution in [0.1, 0.15) is 16.1 Å². The highest BCUT2D eigenvalue weighted by Crippen LogP contribution is 2.19. The van der Waals surface area contributed by atoms with Crippen LogP contribution in [-0.2, 0) is 13.6 Å². The SMILES string of the molecule is Cn1ncc(C(=O)O)c1Cn1cnc2cc(F)c(F)cc21. The summed E-state index contributed by atoms with van der Waals surface area (Å²) in [6.07, 6.45) is 2.65. The molecule has 3 rings (SSSR count). The van der Waals surface area contributed by atoms with Crippen molar-refractivity contribution in [2.75, 3.05) is 0 Å². The second kappa shape index (κ2) is 4.65. The summed E-state index contributed by atoms with van der Waals surface area (Å²) in [5.74, 6) is -3.05. The third kappa shape index (κ3) is 2.14. The van der Waals surface area contributed by atoms with E-state index in [4.69, 9.17) is 5.11 Å². The summed E-state index contributed by atoms with van der Waals surface area (Å²) in [5.41, 5.74) is 1.17. The van der Waals surface area contributed by atoms with Gasteiger partial charge in [-0.3, -0.25) is 4.68 Å². The van der Waals surface area contributed by atoms with E-state index in [0.717, 1.165) is 12.1 Å². The predicted molar refractivity (Wildman–Crippen MR) is 68.9 cm³/mol. The van der Waals surface area contributed by atoms with Gasteiger partial charge in [0.25, 0.3) is 0 Å². The number of carboxylic acid groups (broad SMARTS) is 1. The highest BCUT2D eigenvalue weighted by atomic mass is 19.2. The number of aromatic nitrogens is 4. The number of fused-ring (bicyclic) bond motifs is 1. The van der Waals surface area contributed by atoms with Crippen molar-refractivity contribution in [3.8, 4) is 0 Å². The molecule has 0 atom stereocenters. The fourth-order valence-electron chi connectivity index (χ4n) is 2.17. The minimum absolute atomic E-state index is 0.0573. The lowest BCUT2D eigenvalue weighted by molar-refractivity contribution is 0.0695. The monoisotopic (exact) mass is 292 g/mol. The van der Waals surface area contributed by atoms with E-state index in [2.05, 4.69) is 10.1 Å².